The predicted octanol–water partition coefficient (Wildman–Crippen LogP) is 4.81. The minimum absolute atomic E-state index is 0.0193. The van der Waals surface area contributed by atoms with Gasteiger partial charge in [0.1, 0.15) is 6.04 Å². The Bertz CT molecular complexity index is 1080. The summed E-state index contributed by atoms with van der Waals surface area (Å²) in [6.07, 6.45) is 6.95. The second-order valence-electron chi connectivity index (χ2n) is 11.5. The van der Waals surface area contributed by atoms with Crippen molar-refractivity contribution >= 4 is 22.5 Å². The number of carbonyl (C=O) groups is 1. The van der Waals surface area contributed by atoms with Crippen LogP contribution in [0.1, 0.15) is 71.1 Å². The summed E-state index contributed by atoms with van der Waals surface area (Å²) in [5.74, 6) is 0.583. The molecule has 180 valence electrons. The Kier molecular flexibility index (Phi) is 5.93. The third kappa shape index (κ3) is 3.51. The Balaban J connectivity index is 2.11. The van der Waals surface area contributed by atoms with E-state index < -0.39 is 0 Å². The van der Waals surface area contributed by atoms with Gasteiger partial charge in [-0.1, -0.05) is 47.6 Å². The van der Waals surface area contributed by atoms with Crippen molar-refractivity contribution < 1.29 is 9.90 Å². The third-order valence-corrected chi connectivity index (χ3v) is 8.82. The maximum absolute atomic E-state index is 13.3. The van der Waals surface area contributed by atoms with Gasteiger partial charge >= 0.3 is 0 Å². The Hall–Kier alpha value is -2.27. The number of amides is 1. The maximum Gasteiger partial charge on any atom is 0.243 e. The van der Waals surface area contributed by atoms with Crippen molar-refractivity contribution in [3.05, 3.63) is 41.6 Å². The molecule has 0 spiro atoms. The fraction of sp³-hybridized carbons (Fsp3) is 0.607. The summed E-state index contributed by atoms with van der Waals surface area (Å²) in [7, 11) is 2.05. The van der Waals surface area contributed by atoms with Crippen molar-refractivity contribution in [3.8, 4) is 0 Å². The number of rotatable bonds is 4. The van der Waals surface area contributed by atoms with Crippen LogP contribution in [0.15, 0.2) is 24.9 Å². The summed E-state index contributed by atoms with van der Waals surface area (Å²) >= 11 is 0. The number of anilines is 1. The highest BCUT2D eigenvalue weighted by Crippen LogP contribution is 2.54. The van der Waals surface area contributed by atoms with Gasteiger partial charge in [-0.25, -0.2) is 0 Å². The van der Waals surface area contributed by atoms with E-state index >= 15 is 0 Å². The number of hydrogen-bond acceptors (Lipinski definition) is 3. The van der Waals surface area contributed by atoms with Crippen molar-refractivity contribution in [3.63, 3.8) is 0 Å². The van der Waals surface area contributed by atoms with E-state index in [-0.39, 0.29) is 41.3 Å². The zero-order chi connectivity index (χ0) is 24.3. The first kappa shape index (κ1) is 23.9. The summed E-state index contributed by atoms with van der Waals surface area (Å²) in [6, 6.07) is 1.75. The number of likely N-dealkylation sites (N-methyl/N-ethyl adjacent to an activating group) is 1. The van der Waals surface area contributed by atoms with E-state index in [9.17, 15) is 9.90 Å². The smallest absolute Gasteiger partial charge is 0.243 e. The van der Waals surface area contributed by atoms with Gasteiger partial charge in [0.2, 0.25) is 5.91 Å². The fourth-order valence-electron chi connectivity index (χ4n) is 6.22. The number of allylic oxidation sites excluding steroid dienone is 1. The number of carbonyl (C=O) groups excluding carboxylic acids is 1. The number of aromatic amines is 1. The van der Waals surface area contributed by atoms with E-state index in [1.54, 1.807) is 0 Å². The molecule has 0 fully saturated rings. The summed E-state index contributed by atoms with van der Waals surface area (Å²) in [5, 5.41) is 14.3. The molecule has 3 N–H and O–H groups in total. The van der Waals surface area contributed by atoms with Crippen LogP contribution in [-0.2, 0) is 22.0 Å². The summed E-state index contributed by atoms with van der Waals surface area (Å²) in [4.78, 5) is 19.1. The second kappa shape index (κ2) is 8.19. The molecule has 4 rings (SSSR count). The van der Waals surface area contributed by atoms with Crippen molar-refractivity contribution in [1.29, 1.82) is 0 Å². The van der Waals surface area contributed by atoms with E-state index in [0.29, 0.717) is 12.3 Å². The first-order valence-corrected chi connectivity index (χ1v) is 12.4. The molecule has 2 heterocycles. The lowest BCUT2D eigenvalue weighted by Gasteiger charge is -2.47. The number of hydrogen-bond donors (Lipinski definition) is 3. The van der Waals surface area contributed by atoms with Gasteiger partial charge in [0.25, 0.3) is 0 Å². The molecule has 33 heavy (non-hydrogen) atoms. The molecule has 2 aliphatic rings. The number of aromatic nitrogens is 1. The van der Waals surface area contributed by atoms with Crippen LogP contribution < -0.4 is 10.2 Å². The highest BCUT2D eigenvalue weighted by molar-refractivity contribution is 6.01. The minimum atomic E-state index is -0.319. The van der Waals surface area contributed by atoms with E-state index in [0.717, 1.165) is 29.6 Å². The average Bonchev–Trinajstić information content (AvgIpc) is 3.18. The van der Waals surface area contributed by atoms with Crippen molar-refractivity contribution in [2.75, 3.05) is 18.6 Å². The molecule has 1 aliphatic heterocycles. The monoisotopic (exact) mass is 451 g/mol. The molecular formula is C28H41N3O2. The normalized spacial score (nSPS) is 30.1. The van der Waals surface area contributed by atoms with Crippen LogP contribution in [0, 0.1) is 11.8 Å². The van der Waals surface area contributed by atoms with Gasteiger partial charge in [-0.2, -0.15) is 0 Å². The van der Waals surface area contributed by atoms with Crippen LogP contribution in [0.3, 0.4) is 0 Å². The maximum atomic E-state index is 13.3. The highest BCUT2D eigenvalue weighted by Gasteiger charge is 2.45. The molecule has 2 aromatic rings. The Morgan fingerprint density at radius 3 is 2.55 bits per heavy atom. The number of nitrogens with zero attached hydrogens (tertiary/aromatic N) is 1. The number of H-pyrrole nitrogens is 1. The van der Waals surface area contributed by atoms with Gasteiger partial charge in [-0.3, -0.25) is 4.79 Å². The molecule has 1 amide bonds. The fourth-order valence-corrected chi connectivity index (χ4v) is 6.22. The SMILES string of the molecule is C=C[C@@]1(C)CC[C@@](C)(C(C)C)c2cc3c4c(c[nH]c4c21)C[C@@H](CO)NC(=O)[C@H](C(C)C)N3C. The zero-order valence-electron chi connectivity index (χ0n) is 21.4. The van der Waals surface area contributed by atoms with Crippen LogP contribution in [0.25, 0.3) is 10.9 Å². The standard InChI is InChI=1S/C28H41N3O2/c1-9-27(6)10-11-28(7,17(4)5)20-13-21-22-18(14-29-24(22)23(20)27)12-19(15-32)30-26(33)25(16(2)3)31(21)8/h9,13-14,16-17,19,25,29,32H,1,10-12,15H2,2-8H3,(H,30,33)/t19-,25-,27-,28-/m0/s1. The molecular weight excluding hydrogens is 410 g/mol. The van der Waals surface area contributed by atoms with Gasteiger partial charge < -0.3 is 20.3 Å². The highest BCUT2D eigenvalue weighted by atomic mass is 16.3. The molecule has 0 saturated heterocycles. The largest absolute Gasteiger partial charge is 0.394 e. The Morgan fingerprint density at radius 2 is 1.97 bits per heavy atom. The molecule has 1 aliphatic carbocycles. The molecule has 1 aromatic heterocycles. The number of nitrogens with one attached hydrogen (secondary N) is 2. The third-order valence-electron chi connectivity index (χ3n) is 8.82. The van der Waals surface area contributed by atoms with Gasteiger partial charge in [0.15, 0.2) is 0 Å². The second-order valence-corrected chi connectivity index (χ2v) is 11.5. The molecule has 0 unspecified atom stereocenters. The van der Waals surface area contributed by atoms with Gasteiger partial charge in [-0.15, -0.1) is 6.58 Å². The van der Waals surface area contributed by atoms with Crippen LogP contribution in [-0.4, -0.2) is 41.7 Å². The van der Waals surface area contributed by atoms with E-state index in [1.165, 1.54) is 16.5 Å². The molecule has 0 bridgehead atoms. The van der Waals surface area contributed by atoms with Crippen molar-refractivity contribution in [2.45, 2.75) is 83.7 Å². The lowest BCUT2D eigenvalue weighted by molar-refractivity contribution is -0.124. The van der Waals surface area contributed by atoms with Crippen LogP contribution in [0.5, 0.6) is 0 Å². The molecule has 5 nitrogen and oxygen atoms in total. The van der Waals surface area contributed by atoms with Gasteiger partial charge in [0.05, 0.1) is 18.2 Å². The summed E-state index contributed by atoms with van der Waals surface area (Å²) in [6.45, 7) is 17.7. The molecule has 0 radical (unpaired) electrons. The topological polar surface area (TPSA) is 68.4 Å². The molecule has 0 saturated carbocycles. The Morgan fingerprint density at radius 1 is 1.27 bits per heavy atom. The number of aliphatic hydroxyl groups is 1. The van der Waals surface area contributed by atoms with Crippen LogP contribution >= 0.6 is 0 Å². The van der Waals surface area contributed by atoms with E-state index in [2.05, 4.69) is 81.7 Å². The molecule has 5 heteroatoms. The number of fused-ring (bicyclic) bond motifs is 2. The van der Waals surface area contributed by atoms with E-state index in [1.807, 2.05) is 7.05 Å². The minimum Gasteiger partial charge on any atom is -0.394 e. The zero-order valence-corrected chi connectivity index (χ0v) is 21.4. The summed E-state index contributed by atoms with van der Waals surface area (Å²) in [5.41, 5.74) is 6.04. The van der Waals surface area contributed by atoms with Crippen LogP contribution in [0.4, 0.5) is 5.69 Å². The number of benzene rings is 1. The lowest BCUT2D eigenvalue weighted by Crippen LogP contribution is -2.52. The lowest BCUT2D eigenvalue weighted by atomic mass is 9.57. The Labute approximate surface area is 198 Å². The quantitative estimate of drug-likeness (QED) is 0.584. The first-order chi connectivity index (χ1) is 15.5. The summed E-state index contributed by atoms with van der Waals surface area (Å²) < 4.78 is 0. The van der Waals surface area contributed by atoms with E-state index in [4.69, 9.17) is 0 Å². The van der Waals surface area contributed by atoms with Crippen molar-refractivity contribution in [1.82, 2.24) is 10.3 Å². The van der Waals surface area contributed by atoms with Gasteiger partial charge in [-0.05, 0) is 59.3 Å². The first-order valence-electron chi connectivity index (χ1n) is 12.4. The molecule has 4 atom stereocenters. The van der Waals surface area contributed by atoms with Crippen molar-refractivity contribution in [2.24, 2.45) is 11.8 Å². The predicted molar refractivity (Wildman–Crippen MR) is 137 cm³/mol. The average molecular weight is 452 g/mol. The van der Waals surface area contributed by atoms with Crippen LogP contribution in [0.2, 0.25) is 0 Å². The number of aliphatic hydroxyl groups excluding tert-OH is 1. The van der Waals surface area contributed by atoms with Gasteiger partial charge in [0, 0.05) is 29.7 Å². The molecule has 1 aromatic carbocycles.